The van der Waals surface area contributed by atoms with Gasteiger partial charge in [0.05, 0.1) is 11.5 Å². The summed E-state index contributed by atoms with van der Waals surface area (Å²) in [6.07, 6.45) is 2.25. The molecule has 2 N–H and O–H groups in total. The van der Waals surface area contributed by atoms with Crippen molar-refractivity contribution in [3.05, 3.63) is 101 Å². The van der Waals surface area contributed by atoms with Gasteiger partial charge < -0.3 is 15.3 Å². The van der Waals surface area contributed by atoms with Crippen molar-refractivity contribution in [1.82, 2.24) is 10.2 Å². The van der Waals surface area contributed by atoms with Crippen molar-refractivity contribution in [2.75, 3.05) is 19.6 Å². The van der Waals surface area contributed by atoms with Crippen LogP contribution in [0.4, 0.5) is 8.78 Å². The van der Waals surface area contributed by atoms with Gasteiger partial charge in [-0.05, 0) is 85.9 Å². The molecule has 3 aromatic rings. The quantitative estimate of drug-likeness (QED) is 0.537. The first kappa shape index (κ1) is 22.9. The van der Waals surface area contributed by atoms with Gasteiger partial charge in [-0.25, -0.2) is 8.78 Å². The molecule has 4 rings (SSSR count). The third-order valence-corrected chi connectivity index (χ3v) is 6.54. The van der Waals surface area contributed by atoms with Crippen LogP contribution in [0.5, 0.6) is 5.75 Å². The first-order valence-electron chi connectivity index (χ1n) is 11.2. The van der Waals surface area contributed by atoms with Crippen molar-refractivity contribution in [3.8, 4) is 5.75 Å². The van der Waals surface area contributed by atoms with Gasteiger partial charge in [-0.15, -0.1) is 0 Å². The van der Waals surface area contributed by atoms with Gasteiger partial charge in [0.15, 0.2) is 0 Å². The van der Waals surface area contributed by atoms with Crippen LogP contribution in [0.3, 0.4) is 0 Å². The standard InChI is InChI=1S/C27H28F2N2O2/c1-27(20-6-10-22(28)11-7-20,21-8-12-23(29)13-9-21)26(33)30-25(18-31-16-2-3-17-31)19-4-14-24(32)15-5-19/h4-15,25,32H,2-3,16-18H2,1H3,(H,30,33)/t25-/m1/s1. The third-order valence-electron chi connectivity index (χ3n) is 6.54. The van der Waals surface area contributed by atoms with E-state index in [2.05, 4.69) is 10.2 Å². The Labute approximate surface area is 192 Å². The van der Waals surface area contributed by atoms with Gasteiger partial charge in [0, 0.05) is 6.54 Å². The number of benzene rings is 3. The van der Waals surface area contributed by atoms with Crippen LogP contribution in [0.15, 0.2) is 72.8 Å². The van der Waals surface area contributed by atoms with E-state index in [-0.39, 0.29) is 17.7 Å². The highest BCUT2D eigenvalue weighted by atomic mass is 19.1. The molecule has 1 amide bonds. The maximum Gasteiger partial charge on any atom is 0.235 e. The highest BCUT2D eigenvalue weighted by Gasteiger charge is 2.38. The Kier molecular flexibility index (Phi) is 6.75. The summed E-state index contributed by atoms with van der Waals surface area (Å²) in [6, 6.07) is 18.2. The molecule has 0 radical (unpaired) electrons. The molecule has 1 atom stereocenters. The molecule has 0 unspecified atom stereocenters. The Hall–Kier alpha value is -3.25. The fourth-order valence-electron chi connectivity index (χ4n) is 4.46. The fraction of sp³-hybridized carbons (Fsp3) is 0.296. The molecule has 3 aromatic carbocycles. The number of rotatable bonds is 7. The lowest BCUT2D eigenvalue weighted by Crippen LogP contribution is -2.47. The second kappa shape index (κ2) is 9.71. The van der Waals surface area contributed by atoms with E-state index < -0.39 is 17.0 Å². The number of carbonyl (C=O) groups excluding carboxylic acids is 1. The van der Waals surface area contributed by atoms with Crippen molar-refractivity contribution in [2.24, 2.45) is 0 Å². The summed E-state index contributed by atoms with van der Waals surface area (Å²) in [5.41, 5.74) is 0.938. The molecule has 33 heavy (non-hydrogen) atoms. The van der Waals surface area contributed by atoms with Crippen LogP contribution >= 0.6 is 0 Å². The molecule has 0 aromatic heterocycles. The van der Waals surface area contributed by atoms with Gasteiger partial charge in [0.25, 0.3) is 0 Å². The van der Waals surface area contributed by atoms with Crippen LogP contribution in [-0.4, -0.2) is 35.5 Å². The Morgan fingerprint density at radius 3 is 1.88 bits per heavy atom. The highest BCUT2D eigenvalue weighted by molar-refractivity contribution is 5.92. The second-order valence-corrected chi connectivity index (χ2v) is 8.76. The number of phenols is 1. The molecule has 0 spiro atoms. The van der Waals surface area contributed by atoms with Crippen LogP contribution in [-0.2, 0) is 10.2 Å². The van der Waals surface area contributed by atoms with Crippen molar-refractivity contribution < 1.29 is 18.7 Å². The summed E-state index contributed by atoms with van der Waals surface area (Å²) in [4.78, 5) is 16.2. The Morgan fingerprint density at radius 2 is 1.39 bits per heavy atom. The summed E-state index contributed by atoms with van der Waals surface area (Å²) in [5, 5.41) is 12.9. The minimum absolute atomic E-state index is 0.160. The first-order chi connectivity index (χ1) is 15.9. The first-order valence-corrected chi connectivity index (χ1v) is 11.2. The number of phenolic OH excluding ortho intramolecular Hbond substituents is 1. The fourth-order valence-corrected chi connectivity index (χ4v) is 4.46. The minimum Gasteiger partial charge on any atom is -0.508 e. The van der Waals surface area contributed by atoms with Crippen LogP contribution in [0.25, 0.3) is 0 Å². The molecule has 1 saturated heterocycles. The summed E-state index contributed by atoms with van der Waals surface area (Å²) < 4.78 is 27.3. The number of hydrogen-bond donors (Lipinski definition) is 2. The van der Waals surface area contributed by atoms with Crippen LogP contribution in [0.2, 0.25) is 0 Å². The average molecular weight is 451 g/mol. The molecule has 4 nitrogen and oxygen atoms in total. The number of nitrogens with one attached hydrogen (secondary N) is 1. The molecule has 1 heterocycles. The minimum atomic E-state index is -1.17. The number of hydrogen-bond acceptors (Lipinski definition) is 3. The number of amides is 1. The Balaban J connectivity index is 1.70. The molecule has 172 valence electrons. The summed E-state index contributed by atoms with van der Waals surface area (Å²) >= 11 is 0. The van der Waals surface area contributed by atoms with Crippen molar-refractivity contribution in [2.45, 2.75) is 31.2 Å². The molecule has 1 aliphatic heterocycles. The SMILES string of the molecule is CC(C(=O)N[C@H](CN1CCCC1)c1ccc(O)cc1)(c1ccc(F)cc1)c1ccc(F)cc1. The predicted molar refractivity (Wildman–Crippen MR) is 124 cm³/mol. The largest absolute Gasteiger partial charge is 0.508 e. The average Bonchev–Trinajstić information content (AvgIpc) is 3.33. The number of carbonyl (C=O) groups is 1. The monoisotopic (exact) mass is 450 g/mol. The van der Waals surface area contributed by atoms with Crippen LogP contribution in [0.1, 0.15) is 42.5 Å². The second-order valence-electron chi connectivity index (χ2n) is 8.76. The molecule has 6 heteroatoms. The van der Waals surface area contributed by atoms with Gasteiger partial charge in [0.2, 0.25) is 5.91 Å². The molecular weight excluding hydrogens is 422 g/mol. The lowest BCUT2D eigenvalue weighted by atomic mass is 9.75. The molecule has 0 saturated carbocycles. The van der Waals surface area contributed by atoms with E-state index in [9.17, 15) is 18.7 Å². The third kappa shape index (κ3) is 5.06. The molecule has 0 aliphatic carbocycles. The number of aromatic hydroxyl groups is 1. The summed E-state index contributed by atoms with van der Waals surface area (Å²) in [5.74, 6) is -0.890. The molecule has 0 bridgehead atoms. The molecule has 1 fully saturated rings. The summed E-state index contributed by atoms with van der Waals surface area (Å²) in [6.45, 7) is 4.35. The van der Waals surface area contributed by atoms with Crippen molar-refractivity contribution >= 4 is 5.91 Å². The zero-order chi connectivity index (χ0) is 23.4. The lowest BCUT2D eigenvalue weighted by molar-refractivity contribution is -0.125. The number of halogens is 2. The number of nitrogens with zero attached hydrogens (tertiary/aromatic N) is 1. The Bertz CT molecular complexity index is 1030. The zero-order valence-electron chi connectivity index (χ0n) is 18.6. The normalized spacial score (nSPS) is 15.4. The van der Waals surface area contributed by atoms with E-state index in [4.69, 9.17) is 0 Å². The Morgan fingerprint density at radius 1 is 0.909 bits per heavy atom. The van der Waals surface area contributed by atoms with Gasteiger partial charge in [-0.2, -0.15) is 0 Å². The molecular formula is C27H28F2N2O2. The maximum atomic E-state index is 13.9. The van der Waals surface area contributed by atoms with Crippen molar-refractivity contribution in [3.63, 3.8) is 0 Å². The van der Waals surface area contributed by atoms with Crippen molar-refractivity contribution in [1.29, 1.82) is 0 Å². The van der Waals surface area contributed by atoms with Gasteiger partial charge in [0.1, 0.15) is 17.4 Å². The van der Waals surface area contributed by atoms with Gasteiger partial charge >= 0.3 is 0 Å². The van der Waals surface area contributed by atoms with E-state index in [1.807, 2.05) is 12.1 Å². The lowest BCUT2D eigenvalue weighted by Gasteiger charge is -2.33. The zero-order valence-corrected chi connectivity index (χ0v) is 18.6. The van der Waals surface area contributed by atoms with Crippen LogP contribution in [0, 0.1) is 11.6 Å². The van der Waals surface area contributed by atoms with E-state index in [1.165, 1.54) is 24.3 Å². The summed E-state index contributed by atoms with van der Waals surface area (Å²) in [7, 11) is 0. The van der Waals surface area contributed by atoms with Gasteiger partial charge in [-0.3, -0.25) is 4.79 Å². The predicted octanol–water partition coefficient (Wildman–Crippen LogP) is 4.93. The molecule has 1 aliphatic rings. The number of likely N-dealkylation sites (tertiary alicyclic amines) is 1. The van der Waals surface area contributed by atoms with E-state index in [0.717, 1.165) is 31.5 Å². The maximum absolute atomic E-state index is 13.9. The van der Waals surface area contributed by atoms with E-state index >= 15 is 0 Å². The smallest absolute Gasteiger partial charge is 0.235 e. The van der Waals surface area contributed by atoms with Crippen LogP contribution < -0.4 is 5.32 Å². The topological polar surface area (TPSA) is 52.6 Å². The highest BCUT2D eigenvalue weighted by Crippen LogP contribution is 2.34. The van der Waals surface area contributed by atoms with E-state index in [1.54, 1.807) is 43.3 Å². The van der Waals surface area contributed by atoms with Gasteiger partial charge in [-0.1, -0.05) is 36.4 Å². The van der Waals surface area contributed by atoms with E-state index in [0.29, 0.717) is 17.7 Å².